The van der Waals surface area contributed by atoms with Crippen LogP contribution < -0.4 is 10.6 Å². The number of imidazole rings is 1. The quantitative estimate of drug-likeness (QED) is 0.573. The van der Waals surface area contributed by atoms with Crippen molar-refractivity contribution in [1.29, 1.82) is 0 Å². The van der Waals surface area contributed by atoms with Crippen LogP contribution in [-0.2, 0) is 7.05 Å². The Labute approximate surface area is 160 Å². The van der Waals surface area contributed by atoms with Crippen LogP contribution in [0.15, 0.2) is 67.0 Å². The molecule has 0 aliphatic rings. The predicted octanol–water partition coefficient (Wildman–Crippen LogP) is 2.87. The first-order chi connectivity index (χ1) is 13.6. The van der Waals surface area contributed by atoms with Gasteiger partial charge < -0.3 is 9.88 Å². The third-order valence-electron chi connectivity index (χ3n) is 4.09. The van der Waals surface area contributed by atoms with Gasteiger partial charge in [0.2, 0.25) is 5.95 Å². The normalized spacial score (nSPS) is 10.6. The van der Waals surface area contributed by atoms with Crippen LogP contribution in [-0.4, -0.2) is 31.3 Å². The smallest absolute Gasteiger partial charge is 0.258 e. The summed E-state index contributed by atoms with van der Waals surface area (Å²) >= 11 is 0. The first-order valence-corrected chi connectivity index (χ1v) is 8.53. The highest BCUT2D eigenvalue weighted by Crippen LogP contribution is 2.21. The number of hydrogen-bond acceptors (Lipinski definition) is 5. The van der Waals surface area contributed by atoms with Crippen molar-refractivity contribution in [3.05, 3.63) is 78.1 Å². The largest absolute Gasteiger partial charge is 0.318 e. The van der Waals surface area contributed by atoms with Gasteiger partial charge in [-0.3, -0.25) is 14.9 Å². The van der Waals surface area contributed by atoms with Gasteiger partial charge in [0, 0.05) is 18.2 Å². The van der Waals surface area contributed by atoms with Gasteiger partial charge in [-0.25, -0.2) is 4.98 Å². The van der Waals surface area contributed by atoms with E-state index < -0.39 is 0 Å². The topological polar surface area (TPSA) is 102 Å². The minimum absolute atomic E-state index is 0.0771. The molecule has 0 unspecified atom stereocenters. The summed E-state index contributed by atoms with van der Waals surface area (Å²) in [5, 5.41) is 5.42. The fourth-order valence-corrected chi connectivity index (χ4v) is 2.68. The van der Waals surface area contributed by atoms with E-state index in [0.29, 0.717) is 22.3 Å². The van der Waals surface area contributed by atoms with Crippen molar-refractivity contribution in [2.75, 3.05) is 10.6 Å². The van der Waals surface area contributed by atoms with Crippen LogP contribution in [0.25, 0.3) is 11.2 Å². The number of carbonyl (C=O) groups is 2. The lowest BCUT2D eigenvalue weighted by molar-refractivity contribution is 0.101. The summed E-state index contributed by atoms with van der Waals surface area (Å²) in [6, 6.07) is 17.5. The third-order valence-corrected chi connectivity index (χ3v) is 4.09. The fraction of sp³-hybridized carbons (Fsp3) is 0.0500. The number of rotatable bonds is 4. The lowest BCUT2D eigenvalue weighted by Crippen LogP contribution is -2.17. The second-order valence-corrected chi connectivity index (χ2v) is 6.06. The molecule has 0 aliphatic carbocycles. The summed E-state index contributed by atoms with van der Waals surface area (Å²) in [6.07, 6.45) is 1.57. The summed E-state index contributed by atoms with van der Waals surface area (Å²) in [7, 11) is 1.77. The Morgan fingerprint density at radius 3 is 2.00 bits per heavy atom. The maximum absolute atomic E-state index is 12.5. The summed E-state index contributed by atoms with van der Waals surface area (Å²) < 4.78 is 1.69. The molecule has 4 aromatic rings. The number of nitrogens with zero attached hydrogens (tertiary/aromatic N) is 4. The van der Waals surface area contributed by atoms with Crippen molar-refractivity contribution in [2.45, 2.75) is 0 Å². The standard InChI is InChI=1S/C20H16N6O2/c1-26-12-21-15-16(22-18(27)13-8-4-2-5-9-13)23-20(24-17(15)26)25-19(28)14-10-6-3-7-11-14/h2-12H,1H3,(H2,22,23,24,25,27,28). The maximum atomic E-state index is 12.5. The van der Waals surface area contributed by atoms with Crippen LogP contribution in [0.5, 0.6) is 0 Å². The molecule has 2 heterocycles. The van der Waals surface area contributed by atoms with Gasteiger partial charge >= 0.3 is 0 Å². The molecule has 8 heteroatoms. The molecule has 0 bridgehead atoms. The van der Waals surface area contributed by atoms with Crippen molar-refractivity contribution in [1.82, 2.24) is 19.5 Å². The van der Waals surface area contributed by atoms with Gasteiger partial charge in [0.25, 0.3) is 11.8 Å². The van der Waals surface area contributed by atoms with Crippen LogP contribution in [0.2, 0.25) is 0 Å². The van der Waals surface area contributed by atoms with Crippen molar-refractivity contribution in [3.8, 4) is 0 Å². The maximum Gasteiger partial charge on any atom is 0.258 e. The van der Waals surface area contributed by atoms with E-state index in [2.05, 4.69) is 25.6 Å². The molecule has 0 aliphatic heterocycles. The summed E-state index contributed by atoms with van der Waals surface area (Å²) in [5.41, 5.74) is 1.89. The van der Waals surface area contributed by atoms with Gasteiger partial charge in [0.15, 0.2) is 17.0 Å². The van der Waals surface area contributed by atoms with E-state index in [9.17, 15) is 9.59 Å². The SMILES string of the molecule is Cn1cnc2c(NC(=O)c3ccccc3)nc(NC(=O)c3ccccc3)nc21. The molecule has 138 valence electrons. The molecular formula is C20H16N6O2. The molecular weight excluding hydrogens is 356 g/mol. The number of benzene rings is 2. The number of carbonyl (C=O) groups excluding carboxylic acids is 2. The van der Waals surface area contributed by atoms with E-state index in [-0.39, 0.29) is 23.6 Å². The minimum atomic E-state index is -0.345. The summed E-state index contributed by atoms with van der Waals surface area (Å²) in [4.78, 5) is 37.8. The molecule has 0 fully saturated rings. The number of nitrogens with one attached hydrogen (secondary N) is 2. The molecule has 0 atom stereocenters. The molecule has 4 rings (SSSR count). The van der Waals surface area contributed by atoms with Gasteiger partial charge in [-0.15, -0.1) is 0 Å². The molecule has 2 aromatic carbocycles. The van der Waals surface area contributed by atoms with Crippen molar-refractivity contribution < 1.29 is 9.59 Å². The van der Waals surface area contributed by atoms with Crippen molar-refractivity contribution >= 4 is 34.7 Å². The molecule has 2 amide bonds. The second-order valence-electron chi connectivity index (χ2n) is 6.06. The highest BCUT2D eigenvalue weighted by atomic mass is 16.2. The van der Waals surface area contributed by atoms with Crippen LogP contribution in [0.4, 0.5) is 11.8 Å². The zero-order valence-electron chi connectivity index (χ0n) is 15.0. The molecule has 0 saturated heterocycles. The molecule has 0 saturated carbocycles. The Morgan fingerprint density at radius 2 is 1.39 bits per heavy atom. The average molecular weight is 372 g/mol. The van der Waals surface area contributed by atoms with Crippen molar-refractivity contribution in [2.24, 2.45) is 7.05 Å². The van der Waals surface area contributed by atoms with Crippen LogP contribution in [0.3, 0.4) is 0 Å². The number of fused-ring (bicyclic) bond motifs is 1. The first kappa shape index (κ1) is 17.3. The Balaban J connectivity index is 1.68. The van der Waals surface area contributed by atoms with Gasteiger partial charge in [-0.1, -0.05) is 36.4 Å². The highest BCUT2D eigenvalue weighted by Gasteiger charge is 2.17. The van der Waals surface area contributed by atoms with Gasteiger partial charge in [-0.05, 0) is 24.3 Å². The van der Waals surface area contributed by atoms with Crippen LogP contribution >= 0.6 is 0 Å². The van der Waals surface area contributed by atoms with Crippen LogP contribution in [0.1, 0.15) is 20.7 Å². The van der Waals surface area contributed by atoms with E-state index in [1.54, 1.807) is 66.5 Å². The molecule has 2 aromatic heterocycles. The molecule has 0 spiro atoms. The van der Waals surface area contributed by atoms with E-state index in [0.717, 1.165) is 0 Å². The zero-order valence-corrected chi connectivity index (χ0v) is 15.0. The summed E-state index contributed by atoms with van der Waals surface area (Å²) in [5.74, 6) is -0.370. The average Bonchev–Trinajstić information content (AvgIpc) is 3.10. The predicted molar refractivity (Wildman–Crippen MR) is 105 cm³/mol. The summed E-state index contributed by atoms with van der Waals surface area (Å²) in [6.45, 7) is 0. The van der Waals surface area contributed by atoms with Gasteiger partial charge in [-0.2, -0.15) is 9.97 Å². The molecule has 0 radical (unpaired) electrons. The lowest BCUT2D eigenvalue weighted by atomic mass is 10.2. The zero-order chi connectivity index (χ0) is 19.5. The Hall–Kier alpha value is -4.07. The van der Waals surface area contributed by atoms with E-state index in [1.165, 1.54) is 0 Å². The second kappa shape index (κ2) is 7.28. The molecule has 8 nitrogen and oxygen atoms in total. The first-order valence-electron chi connectivity index (χ1n) is 8.53. The number of aromatic nitrogens is 4. The number of hydrogen-bond donors (Lipinski definition) is 2. The number of anilines is 2. The number of aryl methyl sites for hydroxylation is 1. The lowest BCUT2D eigenvalue weighted by Gasteiger charge is -2.09. The Morgan fingerprint density at radius 1 is 0.821 bits per heavy atom. The monoisotopic (exact) mass is 372 g/mol. The fourth-order valence-electron chi connectivity index (χ4n) is 2.68. The van der Waals surface area contributed by atoms with Crippen molar-refractivity contribution in [3.63, 3.8) is 0 Å². The van der Waals surface area contributed by atoms with Gasteiger partial charge in [0.1, 0.15) is 0 Å². The number of amides is 2. The Bertz CT molecular complexity index is 1160. The van der Waals surface area contributed by atoms with E-state index in [4.69, 9.17) is 0 Å². The highest BCUT2D eigenvalue weighted by molar-refractivity contribution is 6.07. The molecule has 28 heavy (non-hydrogen) atoms. The van der Waals surface area contributed by atoms with Crippen LogP contribution in [0, 0.1) is 0 Å². The molecule has 2 N–H and O–H groups in total. The Kier molecular flexibility index (Phi) is 4.51. The third kappa shape index (κ3) is 3.43. The van der Waals surface area contributed by atoms with E-state index >= 15 is 0 Å². The van der Waals surface area contributed by atoms with E-state index in [1.807, 2.05) is 12.1 Å². The minimum Gasteiger partial charge on any atom is -0.318 e. The van der Waals surface area contributed by atoms with Gasteiger partial charge in [0.05, 0.1) is 6.33 Å².